The summed E-state index contributed by atoms with van der Waals surface area (Å²) in [6, 6.07) is 4.00. The first-order valence-electron chi connectivity index (χ1n) is 7.33. The molecule has 0 spiro atoms. The Morgan fingerprint density at radius 1 is 1.35 bits per heavy atom. The van der Waals surface area contributed by atoms with Gasteiger partial charge in [0.1, 0.15) is 12.1 Å². The van der Waals surface area contributed by atoms with Gasteiger partial charge in [0.2, 0.25) is 0 Å². The van der Waals surface area contributed by atoms with Crippen LogP contribution >= 0.6 is 11.3 Å². The molecule has 1 fully saturated rings. The summed E-state index contributed by atoms with van der Waals surface area (Å²) < 4.78 is 2.45. The fourth-order valence-electron chi connectivity index (χ4n) is 2.74. The van der Waals surface area contributed by atoms with Crippen molar-refractivity contribution >= 4 is 33.1 Å². The molecule has 1 aliphatic rings. The summed E-state index contributed by atoms with van der Waals surface area (Å²) in [5.74, 6) is 0.969. The molecule has 0 aromatic carbocycles. The van der Waals surface area contributed by atoms with E-state index in [1.807, 2.05) is 11.4 Å². The highest BCUT2D eigenvalue weighted by molar-refractivity contribution is 7.17. The van der Waals surface area contributed by atoms with Crippen LogP contribution in [-0.2, 0) is 7.05 Å². The first-order chi connectivity index (χ1) is 11.1. The number of hydrogen-bond donors (Lipinski definition) is 0. The van der Waals surface area contributed by atoms with Crippen LogP contribution in [0, 0.1) is 0 Å². The molecule has 4 rings (SSSR count). The zero-order valence-corrected chi connectivity index (χ0v) is 13.7. The normalized spacial score (nSPS) is 15.0. The highest BCUT2D eigenvalue weighted by atomic mass is 32.1. The van der Waals surface area contributed by atoms with Gasteiger partial charge < -0.3 is 9.80 Å². The number of nitrogens with zero attached hydrogens (tertiary/aromatic N) is 6. The smallest absolute Gasteiger partial charge is 0.268 e. The number of aromatic nitrogens is 4. The van der Waals surface area contributed by atoms with Crippen molar-refractivity contribution in [2.45, 2.75) is 6.04 Å². The molecule has 0 radical (unpaired) electrons. The van der Waals surface area contributed by atoms with E-state index in [-0.39, 0.29) is 5.56 Å². The predicted octanol–water partition coefficient (Wildman–Crippen LogP) is 1.11. The van der Waals surface area contributed by atoms with Crippen LogP contribution < -0.4 is 15.4 Å². The van der Waals surface area contributed by atoms with Crippen molar-refractivity contribution in [3.05, 3.63) is 40.4 Å². The van der Waals surface area contributed by atoms with E-state index >= 15 is 0 Å². The summed E-state index contributed by atoms with van der Waals surface area (Å²) in [5, 5.41) is 6.11. The fraction of sp³-hybridized carbons (Fsp3) is 0.333. The van der Waals surface area contributed by atoms with Crippen molar-refractivity contribution in [3.8, 4) is 0 Å². The molecule has 4 heterocycles. The number of aryl methyl sites for hydroxylation is 1. The van der Waals surface area contributed by atoms with Crippen LogP contribution in [0.2, 0.25) is 0 Å². The summed E-state index contributed by atoms with van der Waals surface area (Å²) in [6.45, 7) is 1.70. The van der Waals surface area contributed by atoms with Crippen molar-refractivity contribution in [2.75, 3.05) is 29.9 Å². The molecule has 1 aliphatic heterocycles. The predicted molar refractivity (Wildman–Crippen MR) is 91.3 cm³/mol. The minimum Gasteiger partial charge on any atom is -0.366 e. The standard InChI is InChI=1S/C15H16N6OS/c1-19(15-14-12(3-4-23-14)16-9-17-15)11-7-21(8-11)10-5-13(22)20(2)18-6-10/h3-6,9,11H,7-8H2,1-2H3. The maximum Gasteiger partial charge on any atom is 0.268 e. The van der Waals surface area contributed by atoms with Crippen LogP contribution in [0.5, 0.6) is 0 Å². The summed E-state index contributed by atoms with van der Waals surface area (Å²) in [5.41, 5.74) is 1.77. The van der Waals surface area contributed by atoms with Crippen LogP contribution in [-0.4, -0.2) is 45.9 Å². The van der Waals surface area contributed by atoms with Crippen molar-refractivity contribution < 1.29 is 0 Å². The molecular formula is C15H16N6OS. The SMILES string of the molecule is CN(c1ncnc2ccsc12)C1CN(c2cnn(C)c(=O)c2)C1. The van der Waals surface area contributed by atoms with Crippen LogP contribution in [0.4, 0.5) is 11.5 Å². The topological polar surface area (TPSA) is 67.2 Å². The highest BCUT2D eigenvalue weighted by Crippen LogP contribution is 2.30. The van der Waals surface area contributed by atoms with Crippen LogP contribution in [0.3, 0.4) is 0 Å². The second-order valence-corrected chi connectivity index (χ2v) is 6.59. The van der Waals surface area contributed by atoms with E-state index < -0.39 is 0 Å². The second kappa shape index (κ2) is 5.31. The summed E-state index contributed by atoms with van der Waals surface area (Å²) >= 11 is 1.66. The molecule has 0 atom stereocenters. The molecule has 0 saturated carbocycles. The Hall–Kier alpha value is -2.48. The summed E-state index contributed by atoms with van der Waals surface area (Å²) in [4.78, 5) is 24.8. The zero-order chi connectivity index (χ0) is 16.0. The molecule has 23 heavy (non-hydrogen) atoms. The second-order valence-electron chi connectivity index (χ2n) is 5.68. The van der Waals surface area contributed by atoms with Gasteiger partial charge in [-0.15, -0.1) is 11.3 Å². The Kier molecular flexibility index (Phi) is 3.26. The van der Waals surface area contributed by atoms with E-state index in [0.717, 1.165) is 34.8 Å². The fourth-order valence-corrected chi connectivity index (χ4v) is 3.62. The van der Waals surface area contributed by atoms with E-state index in [1.165, 1.54) is 4.68 Å². The molecule has 118 valence electrons. The Bertz CT molecular complexity index is 913. The third-order valence-corrected chi connectivity index (χ3v) is 5.19. The highest BCUT2D eigenvalue weighted by Gasteiger charge is 2.32. The molecular weight excluding hydrogens is 312 g/mol. The van der Waals surface area contributed by atoms with Gasteiger partial charge >= 0.3 is 0 Å². The van der Waals surface area contributed by atoms with E-state index in [1.54, 1.807) is 37.0 Å². The lowest BCUT2D eigenvalue weighted by Crippen LogP contribution is -2.59. The van der Waals surface area contributed by atoms with Crippen molar-refractivity contribution in [1.29, 1.82) is 0 Å². The van der Waals surface area contributed by atoms with Gasteiger partial charge in [-0.1, -0.05) is 0 Å². The van der Waals surface area contributed by atoms with Gasteiger partial charge in [0.25, 0.3) is 5.56 Å². The number of fused-ring (bicyclic) bond motifs is 1. The van der Waals surface area contributed by atoms with E-state index in [2.05, 4.69) is 31.9 Å². The maximum absolute atomic E-state index is 11.7. The van der Waals surface area contributed by atoms with Gasteiger partial charge in [-0.05, 0) is 11.4 Å². The molecule has 0 bridgehead atoms. The molecule has 3 aromatic rings. The zero-order valence-electron chi connectivity index (χ0n) is 12.9. The molecule has 8 heteroatoms. The first-order valence-corrected chi connectivity index (χ1v) is 8.21. The monoisotopic (exact) mass is 328 g/mol. The van der Waals surface area contributed by atoms with Crippen LogP contribution in [0.15, 0.2) is 34.8 Å². The Labute approximate surface area is 136 Å². The largest absolute Gasteiger partial charge is 0.366 e. The Balaban J connectivity index is 1.52. The van der Waals surface area contributed by atoms with Crippen LogP contribution in [0.25, 0.3) is 10.2 Å². The molecule has 7 nitrogen and oxygen atoms in total. The molecule has 0 amide bonds. The van der Waals surface area contributed by atoms with E-state index in [0.29, 0.717) is 6.04 Å². The van der Waals surface area contributed by atoms with Crippen LogP contribution in [0.1, 0.15) is 0 Å². The average Bonchev–Trinajstić information content (AvgIpc) is 2.97. The summed E-state index contributed by atoms with van der Waals surface area (Å²) in [7, 11) is 3.71. The number of hydrogen-bond acceptors (Lipinski definition) is 7. The number of thiophene rings is 1. The minimum absolute atomic E-state index is 0.0876. The van der Waals surface area contributed by atoms with Crippen molar-refractivity contribution in [1.82, 2.24) is 19.7 Å². The quantitative estimate of drug-likeness (QED) is 0.717. The first kappa shape index (κ1) is 14.1. The maximum atomic E-state index is 11.7. The molecule has 3 aromatic heterocycles. The van der Waals surface area contributed by atoms with Gasteiger partial charge in [-0.25, -0.2) is 14.6 Å². The Morgan fingerprint density at radius 2 is 2.17 bits per heavy atom. The molecule has 0 N–H and O–H groups in total. The van der Waals surface area contributed by atoms with E-state index in [9.17, 15) is 4.79 Å². The average molecular weight is 328 g/mol. The lowest BCUT2D eigenvalue weighted by Gasteiger charge is -2.45. The lowest BCUT2D eigenvalue weighted by atomic mass is 10.1. The lowest BCUT2D eigenvalue weighted by molar-refractivity contribution is 0.492. The van der Waals surface area contributed by atoms with Gasteiger partial charge in [0.15, 0.2) is 0 Å². The third kappa shape index (κ3) is 2.35. The molecule has 1 saturated heterocycles. The number of anilines is 2. The summed E-state index contributed by atoms with van der Waals surface area (Å²) in [6.07, 6.45) is 3.35. The number of rotatable bonds is 3. The number of likely N-dealkylation sites (N-methyl/N-ethyl adjacent to an activating group) is 1. The van der Waals surface area contributed by atoms with Gasteiger partial charge in [0.05, 0.1) is 28.1 Å². The van der Waals surface area contributed by atoms with Gasteiger partial charge in [-0.3, -0.25) is 4.79 Å². The minimum atomic E-state index is -0.0876. The third-order valence-electron chi connectivity index (χ3n) is 4.29. The van der Waals surface area contributed by atoms with Crippen molar-refractivity contribution in [2.24, 2.45) is 7.05 Å². The van der Waals surface area contributed by atoms with Gasteiger partial charge in [0, 0.05) is 33.3 Å². The van der Waals surface area contributed by atoms with Gasteiger partial charge in [-0.2, -0.15) is 5.10 Å². The molecule has 0 unspecified atom stereocenters. The molecule has 0 aliphatic carbocycles. The Morgan fingerprint density at radius 3 is 2.96 bits per heavy atom. The van der Waals surface area contributed by atoms with Crippen molar-refractivity contribution in [3.63, 3.8) is 0 Å². The van der Waals surface area contributed by atoms with E-state index in [4.69, 9.17) is 0 Å².